The van der Waals surface area contributed by atoms with Gasteiger partial charge in [-0.05, 0) is 60.2 Å². The van der Waals surface area contributed by atoms with Gasteiger partial charge in [0.1, 0.15) is 5.65 Å². The van der Waals surface area contributed by atoms with Gasteiger partial charge in [0.25, 0.3) is 0 Å². The van der Waals surface area contributed by atoms with Crippen molar-refractivity contribution in [1.82, 2.24) is 9.97 Å². The van der Waals surface area contributed by atoms with E-state index in [1.807, 2.05) is 37.4 Å². The summed E-state index contributed by atoms with van der Waals surface area (Å²) in [6, 6.07) is 9.56. The molecular formula is C20H24N4O. The Balaban J connectivity index is 1.84. The molecule has 1 aromatic carbocycles. The van der Waals surface area contributed by atoms with E-state index in [0.29, 0.717) is 12.3 Å². The minimum atomic E-state index is -0.487. The predicted molar refractivity (Wildman–Crippen MR) is 102 cm³/mol. The first-order valence-corrected chi connectivity index (χ1v) is 8.55. The van der Waals surface area contributed by atoms with Crippen LogP contribution in [0.4, 0.5) is 5.69 Å². The van der Waals surface area contributed by atoms with E-state index in [1.54, 1.807) is 6.20 Å². The molecule has 3 aromatic rings. The number of H-pyrrole nitrogens is 1. The van der Waals surface area contributed by atoms with E-state index in [4.69, 9.17) is 5.73 Å². The van der Waals surface area contributed by atoms with Crippen LogP contribution in [0.5, 0.6) is 0 Å². The maximum Gasteiger partial charge on any atom is 0.241 e. The zero-order valence-electron chi connectivity index (χ0n) is 14.8. The second-order valence-electron chi connectivity index (χ2n) is 6.85. The maximum absolute atomic E-state index is 12.2. The van der Waals surface area contributed by atoms with Crippen molar-refractivity contribution in [2.24, 2.45) is 11.7 Å². The van der Waals surface area contributed by atoms with Crippen LogP contribution < -0.4 is 11.1 Å². The lowest BCUT2D eigenvalue weighted by Gasteiger charge is -2.16. The van der Waals surface area contributed by atoms with Crippen molar-refractivity contribution >= 4 is 22.6 Å². The number of pyridine rings is 1. The smallest absolute Gasteiger partial charge is 0.241 e. The molecule has 5 heteroatoms. The van der Waals surface area contributed by atoms with Crippen LogP contribution in [0.3, 0.4) is 0 Å². The SMILES string of the molecule is Cc1cc(-c2ccnc3[nH]ccc23)ccc1NC(=O)[C@H](N)CC(C)C. The number of hydrogen-bond acceptors (Lipinski definition) is 3. The van der Waals surface area contributed by atoms with Gasteiger partial charge in [0.15, 0.2) is 0 Å². The molecular weight excluding hydrogens is 312 g/mol. The minimum Gasteiger partial charge on any atom is -0.346 e. The molecule has 0 spiro atoms. The third kappa shape index (κ3) is 3.72. The Morgan fingerprint density at radius 1 is 1.28 bits per heavy atom. The average Bonchev–Trinajstić information content (AvgIpc) is 3.04. The second kappa shape index (κ2) is 7.07. The highest BCUT2D eigenvalue weighted by Crippen LogP contribution is 2.29. The number of nitrogens with two attached hydrogens (primary N) is 1. The topological polar surface area (TPSA) is 83.8 Å². The maximum atomic E-state index is 12.2. The number of hydrogen-bond donors (Lipinski definition) is 3. The van der Waals surface area contributed by atoms with Crippen LogP contribution in [-0.4, -0.2) is 21.9 Å². The largest absolute Gasteiger partial charge is 0.346 e. The molecule has 0 aliphatic carbocycles. The van der Waals surface area contributed by atoms with Crippen LogP contribution in [0.1, 0.15) is 25.8 Å². The molecule has 0 fully saturated rings. The van der Waals surface area contributed by atoms with Crippen molar-refractivity contribution in [3.8, 4) is 11.1 Å². The summed E-state index contributed by atoms with van der Waals surface area (Å²) in [5, 5.41) is 4.02. The van der Waals surface area contributed by atoms with E-state index >= 15 is 0 Å². The summed E-state index contributed by atoms with van der Waals surface area (Å²) < 4.78 is 0. The first-order chi connectivity index (χ1) is 12.0. The molecule has 4 N–H and O–H groups in total. The average molecular weight is 336 g/mol. The van der Waals surface area contributed by atoms with Crippen LogP contribution in [0, 0.1) is 12.8 Å². The molecule has 0 aliphatic rings. The van der Waals surface area contributed by atoms with E-state index in [0.717, 1.165) is 33.4 Å². The number of amides is 1. The highest BCUT2D eigenvalue weighted by molar-refractivity contribution is 5.97. The first kappa shape index (κ1) is 17.2. The quantitative estimate of drug-likeness (QED) is 0.661. The number of rotatable bonds is 5. The number of nitrogens with zero attached hydrogens (tertiary/aromatic N) is 1. The Bertz CT molecular complexity index is 898. The van der Waals surface area contributed by atoms with Crippen molar-refractivity contribution in [2.45, 2.75) is 33.2 Å². The summed E-state index contributed by atoms with van der Waals surface area (Å²) in [5.74, 6) is 0.251. The number of aryl methyl sites for hydroxylation is 1. The lowest BCUT2D eigenvalue weighted by atomic mass is 10.0. The molecule has 0 saturated carbocycles. The molecule has 5 nitrogen and oxygen atoms in total. The third-order valence-electron chi connectivity index (χ3n) is 4.32. The van der Waals surface area contributed by atoms with Crippen LogP contribution in [0.15, 0.2) is 42.7 Å². The van der Waals surface area contributed by atoms with Crippen molar-refractivity contribution in [1.29, 1.82) is 0 Å². The number of benzene rings is 1. The standard InChI is InChI=1S/C20H24N4O/c1-12(2)10-17(21)20(25)24-18-5-4-14(11-13(18)3)15-6-8-22-19-16(15)7-9-23-19/h4-9,11-12,17H,10,21H2,1-3H3,(H,22,23)(H,24,25)/t17-/m1/s1. The van der Waals surface area contributed by atoms with Crippen LogP contribution >= 0.6 is 0 Å². The van der Waals surface area contributed by atoms with Gasteiger partial charge in [0.2, 0.25) is 5.91 Å². The van der Waals surface area contributed by atoms with Gasteiger partial charge in [-0.15, -0.1) is 0 Å². The Labute approximate surface area is 147 Å². The van der Waals surface area contributed by atoms with Gasteiger partial charge >= 0.3 is 0 Å². The van der Waals surface area contributed by atoms with Crippen LogP contribution in [0.25, 0.3) is 22.2 Å². The zero-order chi connectivity index (χ0) is 18.0. The number of carbonyl (C=O) groups is 1. The van der Waals surface area contributed by atoms with E-state index in [9.17, 15) is 4.79 Å². The molecule has 1 amide bonds. The number of nitrogens with one attached hydrogen (secondary N) is 2. The van der Waals surface area contributed by atoms with Gasteiger partial charge in [-0.1, -0.05) is 19.9 Å². The van der Waals surface area contributed by atoms with Gasteiger partial charge in [-0.3, -0.25) is 4.79 Å². The van der Waals surface area contributed by atoms with Crippen molar-refractivity contribution < 1.29 is 4.79 Å². The number of fused-ring (bicyclic) bond motifs is 1. The molecule has 0 aliphatic heterocycles. The van der Waals surface area contributed by atoms with E-state index in [1.165, 1.54) is 0 Å². The van der Waals surface area contributed by atoms with Crippen molar-refractivity contribution in [2.75, 3.05) is 5.32 Å². The summed E-state index contributed by atoms with van der Waals surface area (Å²) in [6.45, 7) is 6.11. The lowest BCUT2D eigenvalue weighted by Crippen LogP contribution is -2.36. The molecule has 2 aromatic heterocycles. The summed E-state index contributed by atoms with van der Waals surface area (Å²) in [6.07, 6.45) is 4.36. The van der Waals surface area contributed by atoms with Gasteiger partial charge in [0, 0.05) is 23.5 Å². The summed E-state index contributed by atoms with van der Waals surface area (Å²) in [5.41, 5.74) is 10.8. The summed E-state index contributed by atoms with van der Waals surface area (Å²) in [7, 11) is 0. The fraction of sp³-hybridized carbons (Fsp3) is 0.300. The highest BCUT2D eigenvalue weighted by atomic mass is 16.2. The molecule has 0 unspecified atom stereocenters. The van der Waals surface area contributed by atoms with E-state index in [2.05, 4.69) is 35.2 Å². The Kier molecular flexibility index (Phi) is 4.86. The van der Waals surface area contributed by atoms with E-state index in [-0.39, 0.29) is 5.91 Å². The summed E-state index contributed by atoms with van der Waals surface area (Å²) >= 11 is 0. The fourth-order valence-corrected chi connectivity index (χ4v) is 3.02. The summed E-state index contributed by atoms with van der Waals surface area (Å²) in [4.78, 5) is 19.7. The van der Waals surface area contributed by atoms with Gasteiger partial charge in [-0.25, -0.2) is 4.98 Å². The molecule has 3 rings (SSSR count). The first-order valence-electron chi connectivity index (χ1n) is 8.55. The molecule has 0 radical (unpaired) electrons. The predicted octanol–water partition coefficient (Wildman–Crippen LogP) is 3.85. The molecule has 130 valence electrons. The van der Waals surface area contributed by atoms with Crippen molar-refractivity contribution in [3.05, 3.63) is 48.3 Å². The van der Waals surface area contributed by atoms with Crippen LogP contribution in [-0.2, 0) is 4.79 Å². The molecule has 2 heterocycles. The zero-order valence-corrected chi connectivity index (χ0v) is 14.8. The fourth-order valence-electron chi connectivity index (χ4n) is 3.02. The van der Waals surface area contributed by atoms with E-state index < -0.39 is 6.04 Å². The normalized spacial score (nSPS) is 12.5. The van der Waals surface area contributed by atoms with Gasteiger partial charge < -0.3 is 16.0 Å². The minimum absolute atomic E-state index is 0.138. The highest BCUT2D eigenvalue weighted by Gasteiger charge is 2.16. The Morgan fingerprint density at radius 3 is 2.80 bits per heavy atom. The number of aromatic amines is 1. The monoisotopic (exact) mass is 336 g/mol. The van der Waals surface area contributed by atoms with Gasteiger partial charge in [0.05, 0.1) is 6.04 Å². The molecule has 0 bridgehead atoms. The van der Waals surface area contributed by atoms with Crippen molar-refractivity contribution in [3.63, 3.8) is 0 Å². The molecule has 0 saturated heterocycles. The second-order valence-corrected chi connectivity index (χ2v) is 6.85. The molecule has 25 heavy (non-hydrogen) atoms. The van der Waals surface area contributed by atoms with Crippen LogP contribution in [0.2, 0.25) is 0 Å². The number of aromatic nitrogens is 2. The lowest BCUT2D eigenvalue weighted by molar-refractivity contribution is -0.117. The Hall–Kier alpha value is -2.66. The number of carbonyl (C=O) groups excluding carboxylic acids is 1. The Morgan fingerprint density at radius 2 is 2.08 bits per heavy atom. The third-order valence-corrected chi connectivity index (χ3v) is 4.32. The number of anilines is 1. The molecule has 1 atom stereocenters. The van der Waals surface area contributed by atoms with Gasteiger partial charge in [-0.2, -0.15) is 0 Å².